The van der Waals surface area contributed by atoms with Gasteiger partial charge in [-0.15, -0.1) is 0 Å². The van der Waals surface area contributed by atoms with Crippen LogP contribution < -0.4 is 14.9 Å². The summed E-state index contributed by atoms with van der Waals surface area (Å²) in [5.74, 6) is 0.119. The molecule has 0 fully saturated rings. The van der Waals surface area contributed by atoms with Gasteiger partial charge in [-0.05, 0) is 67.1 Å². The molecule has 6 nitrogen and oxygen atoms in total. The maximum absolute atomic E-state index is 12.1. The van der Waals surface area contributed by atoms with Gasteiger partial charge in [0.1, 0.15) is 11.5 Å². The number of aryl methyl sites for hydroxylation is 1. The monoisotopic (exact) mass is 422 g/mol. The number of carbonyl (C=O) groups excluding carboxylic acids is 2. The van der Waals surface area contributed by atoms with Crippen molar-refractivity contribution >= 4 is 29.7 Å². The first-order valence-electron chi connectivity index (χ1n) is 9.09. The lowest BCUT2D eigenvalue weighted by atomic mass is 10.2. The largest absolute Gasteiger partial charge is 0.484 e. The standard InChI is InChI=1S/C23H19ClN2O4/c1-16-5-9-20(10-6-16)29-15-22(27)26-25-14-17-7-11-21(12-8-17)30-23(28)18-3-2-4-19(24)13-18/h2-14H,15H2,1H3,(H,26,27). The van der Waals surface area contributed by atoms with Gasteiger partial charge in [0.15, 0.2) is 6.61 Å². The SMILES string of the molecule is Cc1ccc(OCC(=O)NN=Cc2ccc(OC(=O)c3cccc(Cl)c3)cc2)cc1. The molecule has 0 aliphatic carbocycles. The van der Waals surface area contributed by atoms with Gasteiger partial charge in [0.2, 0.25) is 0 Å². The number of hydrogen-bond acceptors (Lipinski definition) is 5. The summed E-state index contributed by atoms with van der Waals surface area (Å²) in [6.07, 6.45) is 1.48. The quantitative estimate of drug-likeness (QED) is 0.265. The number of hydrogen-bond donors (Lipinski definition) is 1. The van der Waals surface area contributed by atoms with Crippen molar-refractivity contribution in [3.63, 3.8) is 0 Å². The highest BCUT2D eigenvalue weighted by atomic mass is 35.5. The highest BCUT2D eigenvalue weighted by Gasteiger charge is 2.08. The van der Waals surface area contributed by atoms with E-state index in [1.54, 1.807) is 54.6 Å². The number of ether oxygens (including phenoxy) is 2. The van der Waals surface area contributed by atoms with Gasteiger partial charge in [0, 0.05) is 5.02 Å². The third-order valence-electron chi connectivity index (χ3n) is 3.94. The van der Waals surface area contributed by atoms with Crippen molar-refractivity contribution in [3.8, 4) is 11.5 Å². The number of rotatable bonds is 7. The Morgan fingerprint density at radius 3 is 2.40 bits per heavy atom. The second kappa shape index (κ2) is 10.2. The van der Waals surface area contributed by atoms with Crippen LogP contribution in [0.2, 0.25) is 5.02 Å². The van der Waals surface area contributed by atoms with Crippen LogP contribution in [-0.4, -0.2) is 24.7 Å². The maximum atomic E-state index is 12.1. The van der Waals surface area contributed by atoms with E-state index in [1.807, 2.05) is 19.1 Å². The van der Waals surface area contributed by atoms with Crippen LogP contribution in [0.25, 0.3) is 0 Å². The Balaban J connectivity index is 1.46. The molecule has 0 saturated heterocycles. The minimum absolute atomic E-state index is 0.140. The summed E-state index contributed by atoms with van der Waals surface area (Å²) in [5.41, 5.74) is 4.59. The van der Waals surface area contributed by atoms with Crippen LogP contribution in [0.3, 0.4) is 0 Å². The molecule has 1 N–H and O–H groups in total. The van der Waals surface area contributed by atoms with Gasteiger partial charge >= 0.3 is 5.97 Å². The van der Waals surface area contributed by atoms with E-state index >= 15 is 0 Å². The van der Waals surface area contributed by atoms with Crippen LogP contribution in [0.4, 0.5) is 0 Å². The topological polar surface area (TPSA) is 77.0 Å². The second-order valence-corrected chi connectivity index (χ2v) is 6.80. The molecule has 152 valence electrons. The average molecular weight is 423 g/mol. The lowest BCUT2D eigenvalue weighted by molar-refractivity contribution is -0.123. The Morgan fingerprint density at radius 2 is 1.70 bits per heavy atom. The van der Waals surface area contributed by atoms with Gasteiger partial charge in [-0.3, -0.25) is 4.79 Å². The fourth-order valence-electron chi connectivity index (χ4n) is 2.40. The molecule has 0 bridgehead atoms. The Labute approximate surface area is 179 Å². The van der Waals surface area contributed by atoms with Crippen molar-refractivity contribution in [1.29, 1.82) is 0 Å². The van der Waals surface area contributed by atoms with Gasteiger partial charge in [0.25, 0.3) is 5.91 Å². The number of carbonyl (C=O) groups is 2. The Morgan fingerprint density at radius 1 is 1.00 bits per heavy atom. The van der Waals surface area contributed by atoms with E-state index in [-0.39, 0.29) is 12.5 Å². The van der Waals surface area contributed by atoms with Crippen LogP contribution in [-0.2, 0) is 4.79 Å². The number of amides is 1. The lowest BCUT2D eigenvalue weighted by Gasteiger charge is -2.05. The molecule has 0 atom stereocenters. The predicted octanol–water partition coefficient (Wildman–Crippen LogP) is 4.40. The number of esters is 1. The Kier molecular flexibility index (Phi) is 7.19. The van der Waals surface area contributed by atoms with Crippen LogP contribution in [0, 0.1) is 6.92 Å². The van der Waals surface area contributed by atoms with Crippen LogP contribution >= 0.6 is 11.6 Å². The average Bonchev–Trinajstić information content (AvgIpc) is 2.74. The third kappa shape index (κ3) is 6.46. The van der Waals surface area contributed by atoms with E-state index in [4.69, 9.17) is 21.1 Å². The highest BCUT2D eigenvalue weighted by Crippen LogP contribution is 2.16. The number of benzene rings is 3. The molecule has 0 spiro atoms. The smallest absolute Gasteiger partial charge is 0.343 e. The van der Waals surface area contributed by atoms with E-state index in [0.29, 0.717) is 22.1 Å². The summed E-state index contributed by atoms with van der Waals surface area (Å²) < 4.78 is 10.7. The zero-order valence-corrected chi connectivity index (χ0v) is 16.9. The van der Waals surface area contributed by atoms with Crippen molar-refractivity contribution in [3.05, 3.63) is 94.5 Å². The van der Waals surface area contributed by atoms with Gasteiger partial charge in [0.05, 0.1) is 11.8 Å². The van der Waals surface area contributed by atoms with Crippen LogP contribution in [0.1, 0.15) is 21.5 Å². The summed E-state index contributed by atoms with van der Waals surface area (Å²) >= 11 is 5.88. The zero-order valence-electron chi connectivity index (χ0n) is 16.2. The molecule has 0 radical (unpaired) electrons. The Bertz CT molecular complexity index is 1050. The maximum Gasteiger partial charge on any atom is 0.343 e. The molecule has 1 amide bonds. The summed E-state index contributed by atoms with van der Waals surface area (Å²) in [4.78, 5) is 23.9. The van der Waals surface area contributed by atoms with Crippen molar-refractivity contribution in [2.24, 2.45) is 5.10 Å². The summed E-state index contributed by atoms with van der Waals surface area (Å²) in [6, 6.07) is 20.6. The molecule has 0 aliphatic heterocycles. The summed E-state index contributed by atoms with van der Waals surface area (Å²) in [7, 11) is 0. The molecule has 3 aromatic carbocycles. The van der Waals surface area contributed by atoms with Crippen molar-refractivity contribution in [2.45, 2.75) is 6.92 Å². The molecule has 3 aromatic rings. The second-order valence-electron chi connectivity index (χ2n) is 6.36. The van der Waals surface area contributed by atoms with Gasteiger partial charge in [-0.1, -0.05) is 35.4 Å². The normalized spacial score (nSPS) is 10.6. The predicted molar refractivity (Wildman–Crippen MR) is 115 cm³/mol. The van der Waals surface area contributed by atoms with Gasteiger partial charge in [-0.25, -0.2) is 10.2 Å². The van der Waals surface area contributed by atoms with Gasteiger partial charge < -0.3 is 9.47 Å². The Hall–Kier alpha value is -3.64. The molecule has 7 heteroatoms. The first-order valence-corrected chi connectivity index (χ1v) is 9.46. The van der Waals surface area contributed by atoms with Crippen molar-refractivity contribution < 1.29 is 19.1 Å². The molecule has 0 heterocycles. The van der Waals surface area contributed by atoms with E-state index < -0.39 is 5.97 Å². The van der Waals surface area contributed by atoms with E-state index in [9.17, 15) is 9.59 Å². The third-order valence-corrected chi connectivity index (χ3v) is 4.18. The van der Waals surface area contributed by atoms with Gasteiger partial charge in [-0.2, -0.15) is 5.10 Å². The van der Waals surface area contributed by atoms with E-state index in [2.05, 4.69) is 10.5 Å². The van der Waals surface area contributed by atoms with E-state index in [1.165, 1.54) is 12.3 Å². The first-order chi connectivity index (χ1) is 14.5. The van der Waals surface area contributed by atoms with Crippen molar-refractivity contribution in [1.82, 2.24) is 5.43 Å². The first kappa shape index (κ1) is 21.1. The number of halogens is 1. The lowest BCUT2D eigenvalue weighted by Crippen LogP contribution is -2.24. The molecular formula is C23H19ClN2O4. The fraction of sp³-hybridized carbons (Fsp3) is 0.0870. The number of nitrogens with zero attached hydrogens (tertiary/aromatic N) is 1. The van der Waals surface area contributed by atoms with E-state index in [0.717, 1.165) is 11.1 Å². The molecule has 0 aromatic heterocycles. The molecule has 30 heavy (non-hydrogen) atoms. The minimum Gasteiger partial charge on any atom is -0.484 e. The number of hydrazone groups is 1. The summed E-state index contributed by atoms with van der Waals surface area (Å²) in [6.45, 7) is 1.83. The molecule has 3 rings (SSSR count). The van der Waals surface area contributed by atoms with Crippen molar-refractivity contribution in [2.75, 3.05) is 6.61 Å². The van der Waals surface area contributed by atoms with Crippen LogP contribution in [0.5, 0.6) is 11.5 Å². The minimum atomic E-state index is -0.500. The molecule has 0 unspecified atom stereocenters. The molecular weight excluding hydrogens is 404 g/mol. The zero-order chi connectivity index (χ0) is 21.3. The van der Waals surface area contributed by atoms with Crippen LogP contribution in [0.15, 0.2) is 77.9 Å². The molecule has 0 saturated carbocycles. The molecule has 0 aliphatic rings. The fourth-order valence-corrected chi connectivity index (χ4v) is 2.59. The highest BCUT2D eigenvalue weighted by molar-refractivity contribution is 6.30. The number of nitrogens with one attached hydrogen (secondary N) is 1. The summed E-state index contributed by atoms with van der Waals surface area (Å²) in [5, 5.41) is 4.35.